The summed E-state index contributed by atoms with van der Waals surface area (Å²) in [5.41, 5.74) is 1.94. The number of aromatic nitrogens is 1. The van der Waals surface area contributed by atoms with Gasteiger partial charge in [0.05, 0.1) is 18.4 Å². The Morgan fingerprint density at radius 2 is 2.12 bits per heavy atom. The first-order valence-electron chi connectivity index (χ1n) is 7.75. The molecule has 6 nitrogen and oxygen atoms in total. The Hall–Kier alpha value is -1.93. The normalized spacial score (nSPS) is 20.0. The molecule has 1 aliphatic rings. The summed E-state index contributed by atoms with van der Waals surface area (Å²) < 4.78 is 34.4. The molecule has 0 radical (unpaired) electrons. The number of aromatic amines is 1. The summed E-state index contributed by atoms with van der Waals surface area (Å²) in [6, 6.07) is 7.27. The number of carbonyl (C=O) groups is 1. The Kier molecular flexibility index (Phi) is 4.60. The summed E-state index contributed by atoms with van der Waals surface area (Å²) in [7, 11) is -4.61. The van der Waals surface area contributed by atoms with Crippen molar-refractivity contribution in [2.45, 2.75) is 18.9 Å². The number of amides is 1. The molecule has 24 heavy (non-hydrogen) atoms. The zero-order valence-corrected chi connectivity index (χ0v) is 13.8. The molecule has 8 heteroatoms. The highest BCUT2D eigenvalue weighted by atomic mass is 32.3. The lowest BCUT2D eigenvalue weighted by molar-refractivity contribution is -0.130. The van der Waals surface area contributed by atoms with Crippen molar-refractivity contribution < 1.29 is 22.2 Å². The monoisotopic (exact) mass is 354 g/mol. The Balaban J connectivity index is 1.75. The number of carbonyl (C=O) groups excluding carboxylic acids is 1. The minimum Gasteiger partial charge on any atom is -0.394 e. The van der Waals surface area contributed by atoms with Gasteiger partial charge in [0.25, 0.3) is 0 Å². The van der Waals surface area contributed by atoms with Gasteiger partial charge in [-0.15, -0.1) is 3.89 Å². The van der Waals surface area contributed by atoms with Gasteiger partial charge in [0, 0.05) is 36.0 Å². The van der Waals surface area contributed by atoms with Crippen molar-refractivity contribution in [2.75, 3.05) is 18.9 Å². The average Bonchev–Trinajstić information content (AvgIpc) is 3.07. The van der Waals surface area contributed by atoms with Crippen molar-refractivity contribution in [3.05, 3.63) is 36.0 Å². The number of halogens is 1. The topological polar surface area (TPSA) is 90.5 Å². The van der Waals surface area contributed by atoms with Crippen molar-refractivity contribution in [1.29, 1.82) is 0 Å². The molecule has 1 fully saturated rings. The number of hydrogen-bond acceptors (Lipinski definition) is 4. The molecule has 0 saturated carbocycles. The molecule has 2 heterocycles. The van der Waals surface area contributed by atoms with E-state index in [4.69, 9.17) is 0 Å². The van der Waals surface area contributed by atoms with Crippen LogP contribution in [0.1, 0.15) is 12.0 Å². The second-order valence-corrected chi connectivity index (χ2v) is 7.63. The number of hydrogen-bond donors (Lipinski definition) is 2. The smallest absolute Gasteiger partial charge is 0.302 e. The number of nitrogens with zero attached hydrogens (tertiary/aromatic N) is 1. The van der Waals surface area contributed by atoms with Crippen molar-refractivity contribution in [1.82, 2.24) is 9.88 Å². The maximum absolute atomic E-state index is 12.8. The van der Waals surface area contributed by atoms with Crippen molar-refractivity contribution in [3.63, 3.8) is 0 Å². The van der Waals surface area contributed by atoms with E-state index in [0.717, 1.165) is 16.5 Å². The number of benzene rings is 1. The van der Waals surface area contributed by atoms with E-state index in [-0.39, 0.29) is 25.5 Å². The van der Waals surface area contributed by atoms with Crippen LogP contribution in [0.2, 0.25) is 0 Å². The predicted molar refractivity (Wildman–Crippen MR) is 87.6 cm³/mol. The zero-order valence-electron chi connectivity index (χ0n) is 13.0. The van der Waals surface area contributed by atoms with Crippen LogP contribution >= 0.6 is 0 Å². The second-order valence-electron chi connectivity index (χ2n) is 6.22. The van der Waals surface area contributed by atoms with Crippen molar-refractivity contribution >= 4 is 27.0 Å². The molecule has 1 aromatic heterocycles. The number of likely N-dealkylation sites (tertiary alicyclic amines) is 1. The average molecular weight is 354 g/mol. The van der Waals surface area contributed by atoms with Crippen LogP contribution in [0.15, 0.2) is 30.5 Å². The lowest BCUT2D eigenvalue weighted by Crippen LogP contribution is -2.40. The minimum absolute atomic E-state index is 0.00641. The summed E-state index contributed by atoms with van der Waals surface area (Å²) in [4.78, 5) is 16.8. The SMILES string of the molecule is O=C1CC(CS(=O)(=O)F)CN1C(CO)Cc1c[nH]c2ccccc12. The first kappa shape index (κ1) is 16.9. The molecule has 130 valence electrons. The van der Waals surface area contributed by atoms with E-state index in [1.165, 1.54) is 4.90 Å². The minimum atomic E-state index is -4.61. The van der Waals surface area contributed by atoms with Crippen LogP contribution in [-0.2, 0) is 21.4 Å². The van der Waals surface area contributed by atoms with Crippen molar-refractivity contribution in [3.8, 4) is 0 Å². The van der Waals surface area contributed by atoms with E-state index in [9.17, 15) is 22.2 Å². The molecule has 1 aromatic carbocycles. The highest BCUT2D eigenvalue weighted by molar-refractivity contribution is 7.86. The number of rotatable bonds is 6. The van der Waals surface area contributed by atoms with E-state index >= 15 is 0 Å². The van der Waals surface area contributed by atoms with Crippen LogP contribution in [-0.4, -0.2) is 54.3 Å². The molecule has 3 rings (SSSR count). The number of H-pyrrole nitrogens is 1. The number of para-hydroxylation sites is 1. The fraction of sp³-hybridized carbons (Fsp3) is 0.438. The van der Waals surface area contributed by atoms with Gasteiger partial charge >= 0.3 is 10.2 Å². The molecule has 2 atom stereocenters. The largest absolute Gasteiger partial charge is 0.394 e. The third-order valence-corrected chi connectivity index (χ3v) is 5.32. The maximum Gasteiger partial charge on any atom is 0.302 e. The molecule has 1 saturated heterocycles. The maximum atomic E-state index is 12.8. The number of fused-ring (bicyclic) bond motifs is 1. The van der Waals surface area contributed by atoms with E-state index in [1.54, 1.807) is 0 Å². The summed E-state index contributed by atoms with van der Waals surface area (Å²) in [6.45, 7) is -0.0874. The van der Waals surface area contributed by atoms with E-state index in [2.05, 4.69) is 4.98 Å². The third kappa shape index (κ3) is 3.59. The molecule has 2 aromatic rings. The van der Waals surface area contributed by atoms with Gasteiger partial charge in [0.1, 0.15) is 0 Å². The quantitative estimate of drug-likeness (QED) is 0.763. The fourth-order valence-electron chi connectivity index (χ4n) is 3.38. The Bertz CT molecular complexity index is 849. The van der Waals surface area contributed by atoms with Gasteiger partial charge in [-0.3, -0.25) is 4.79 Å². The van der Waals surface area contributed by atoms with Gasteiger partial charge in [-0.05, 0) is 18.1 Å². The van der Waals surface area contributed by atoms with E-state index in [1.807, 2.05) is 30.5 Å². The second kappa shape index (κ2) is 6.52. The van der Waals surface area contributed by atoms with Gasteiger partial charge in [-0.25, -0.2) is 0 Å². The molecule has 1 amide bonds. The summed E-state index contributed by atoms with van der Waals surface area (Å²) >= 11 is 0. The summed E-state index contributed by atoms with van der Waals surface area (Å²) in [5.74, 6) is -1.47. The van der Waals surface area contributed by atoms with Gasteiger partial charge in [0.2, 0.25) is 5.91 Å². The predicted octanol–water partition coefficient (Wildman–Crippen LogP) is 1.22. The van der Waals surface area contributed by atoms with Crippen LogP contribution in [0.5, 0.6) is 0 Å². The van der Waals surface area contributed by atoms with Crippen LogP contribution in [0.3, 0.4) is 0 Å². The van der Waals surface area contributed by atoms with Crippen LogP contribution < -0.4 is 0 Å². The molecular formula is C16H19FN2O4S. The Morgan fingerprint density at radius 3 is 2.83 bits per heavy atom. The lowest BCUT2D eigenvalue weighted by atomic mass is 10.0. The summed E-state index contributed by atoms with van der Waals surface area (Å²) in [5, 5.41) is 10.7. The number of aliphatic hydroxyl groups is 1. The molecule has 0 aliphatic carbocycles. The Morgan fingerprint density at radius 1 is 1.38 bits per heavy atom. The third-order valence-electron chi connectivity index (χ3n) is 4.46. The molecular weight excluding hydrogens is 335 g/mol. The first-order valence-corrected chi connectivity index (χ1v) is 9.30. The zero-order chi connectivity index (χ0) is 17.3. The van der Waals surface area contributed by atoms with Crippen LogP contribution in [0.25, 0.3) is 10.9 Å². The fourth-order valence-corrected chi connectivity index (χ4v) is 4.17. The van der Waals surface area contributed by atoms with Gasteiger partial charge < -0.3 is 15.0 Å². The molecule has 1 aliphatic heterocycles. The lowest BCUT2D eigenvalue weighted by Gasteiger charge is -2.26. The molecule has 0 spiro atoms. The van der Waals surface area contributed by atoms with E-state index < -0.39 is 27.9 Å². The van der Waals surface area contributed by atoms with Gasteiger partial charge in [0.15, 0.2) is 0 Å². The first-order chi connectivity index (χ1) is 11.4. The van der Waals surface area contributed by atoms with Crippen molar-refractivity contribution in [2.24, 2.45) is 5.92 Å². The van der Waals surface area contributed by atoms with Crippen LogP contribution in [0, 0.1) is 5.92 Å². The number of nitrogens with one attached hydrogen (secondary N) is 1. The van der Waals surface area contributed by atoms with E-state index in [0.29, 0.717) is 6.42 Å². The Labute approximate surface area is 139 Å². The highest BCUT2D eigenvalue weighted by Gasteiger charge is 2.36. The molecule has 2 unspecified atom stereocenters. The van der Waals surface area contributed by atoms with Crippen LogP contribution in [0.4, 0.5) is 3.89 Å². The molecule has 0 bridgehead atoms. The number of aliphatic hydroxyl groups excluding tert-OH is 1. The highest BCUT2D eigenvalue weighted by Crippen LogP contribution is 2.26. The molecule has 2 N–H and O–H groups in total. The summed E-state index contributed by atoms with van der Waals surface area (Å²) in [6.07, 6.45) is 2.28. The standard InChI is InChI=1S/C16H19FN2O4S/c17-24(22,23)10-11-5-16(21)19(8-11)13(9-20)6-12-7-18-15-4-2-1-3-14(12)15/h1-4,7,11,13,18,20H,5-6,8-10H2. The van der Waals surface area contributed by atoms with Gasteiger partial charge in [-0.1, -0.05) is 18.2 Å². The van der Waals surface area contributed by atoms with Gasteiger partial charge in [-0.2, -0.15) is 8.42 Å².